The van der Waals surface area contributed by atoms with Gasteiger partial charge in [0.1, 0.15) is 0 Å². The molecule has 1 N–H and O–H groups in total. The van der Waals surface area contributed by atoms with E-state index in [-0.39, 0.29) is 11.5 Å². The zero-order chi connectivity index (χ0) is 21.4. The smallest absolute Gasteiger partial charge is 0.391 e. The molecule has 0 bridgehead atoms. The number of piperidine rings is 1. The molecule has 160 valence electrons. The zero-order valence-corrected chi connectivity index (χ0v) is 16.6. The molecule has 0 aliphatic carbocycles. The van der Waals surface area contributed by atoms with Gasteiger partial charge in [0.25, 0.3) is 0 Å². The van der Waals surface area contributed by atoms with Crippen LogP contribution in [-0.2, 0) is 17.8 Å². The van der Waals surface area contributed by atoms with Gasteiger partial charge in [0, 0.05) is 25.3 Å². The van der Waals surface area contributed by atoms with Crippen LogP contribution >= 0.6 is 0 Å². The highest BCUT2D eigenvalue weighted by atomic mass is 19.4. The fraction of sp³-hybridized carbons (Fsp3) is 0.435. The molecule has 2 fully saturated rings. The Bertz CT molecular complexity index is 886. The highest BCUT2D eigenvalue weighted by molar-refractivity contribution is 6.00. The maximum absolute atomic E-state index is 13.2. The Kier molecular flexibility index (Phi) is 5.59. The average Bonchev–Trinajstić information content (AvgIpc) is 3.03. The summed E-state index contributed by atoms with van der Waals surface area (Å²) in [7, 11) is 0. The van der Waals surface area contributed by atoms with Crippen LogP contribution < -0.4 is 4.90 Å². The van der Waals surface area contributed by atoms with E-state index in [4.69, 9.17) is 0 Å². The van der Waals surface area contributed by atoms with Gasteiger partial charge in [-0.2, -0.15) is 13.2 Å². The number of aliphatic hydroxyl groups is 1. The van der Waals surface area contributed by atoms with Crippen molar-refractivity contribution in [3.8, 4) is 0 Å². The molecule has 4 nitrogen and oxygen atoms in total. The third kappa shape index (κ3) is 4.23. The summed E-state index contributed by atoms with van der Waals surface area (Å²) >= 11 is 0. The van der Waals surface area contributed by atoms with Crippen LogP contribution in [0.2, 0.25) is 0 Å². The quantitative estimate of drug-likeness (QED) is 0.822. The molecule has 1 spiro atoms. The minimum Gasteiger partial charge on any atom is -0.391 e. The summed E-state index contributed by atoms with van der Waals surface area (Å²) < 4.78 is 37.7. The van der Waals surface area contributed by atoms with Crippen LogP contribution in [0.4, 0.5) is 18.9 Å². The first-order chi connectivity index (χ1) is 14.3. The molecule has 0 aromatic heterocycles. The highest BCUT2D eigenvalue weighted by Crippen LogP contribution is 2.43. The number of hydrogen-bond acceptors (Lipinski definition) is 3. The zero-order valence-electron chi connectivity index (χ0n) is 16.6. The molecule has 4 rings (SSSR count). The minimum atomic E-state index is -4.26. The number of benzene rings is 2. The van der Waals surface area contributed by atoms with Crippen LogP contribution in [0.15, 0.2) is 54.6 Å². The molecular weight excluding hydrogens is 393 g/mol. The number of alkyl halides is 3. The molecule has 0 saturated carbocycles. The molecule has 2 aromatic rings. The lowest BCUT2D eigenvalue weighted by Gasteiger charge is -2.42. The fourth-order valence-corrected chi connectivity index (χ4v) is 4.62. The Morgan fingerprint density at radius 2 is 1.63 bits per heavy atom. The van der Waals surface area contributed by atoms with Crippen molar-refractivity contribution in [1.29, 1.82) is 0 Å². The predicted molar refractivity (Wildman–Crippen MR) is 108 cm³/mol. The molecule has 0 radical (unpaired) electrons. The monoisotopic (exact) mass is 418 g/mol. The van der Waals surface area contributed by atoms with E-state index in [0.717, 1.165) is 13.1 Å². The van der Waals surface area contributed by atoms with E-state index in [9.17, 15) is 23.1 Å². The Morgan fingerprint density at radius 3 is 2.27 bits per heavy atom. The minimum absolute atomic E-state index is 0.127. The van der Waals surface area contributed by atoms with Gasteiger partial charge in [-0.3, -0.25) is 9.69 Å². The van der Waals surface area contributed by atoms with Crippen LogP contribution in [-0.4, -0.2) is 47.8 Å². The number of carbonyl (C=O) groups excluding carboxylic acids is 1. The van der Waals surface area contributed by atoms with Gasteiger partial charge in [-0.05, 0) is 42.6 Å². The lowest BCUT2D eigenvalue weighted by Crippen LogP contribution is -2.54. The second-order valence-electron chi connectivity index (χ2n) is 8.31. The molecule has 2 aromatic carbocycles. The first kappa shape index (κ1) is 20.9. The Hall–Kier alpha value is -2.38. The van der Waals surface area contributed by atoms with Gasteiger partial charge in [0.15, 0.2) is 0 Å². The number of rotatable bonds is 4. The third-order valence-electron chi connectivity index (χ3n) is 6.30. The number of amides is 1. The van der Waals surface area contributed by atoms with E-state index >= 15 is 0 Å². The maximum Gasteiger partial charge on any atom is 0.393 e. The van der Waals surface area contributed by atoms with Crippen LogP contribution in [0.5, 0.6) is 0 Å². The van der Waals surface area contributed by atoms with Crippen LogP contribution in [0.25, 0.3) is 0 Å². The summed E-state index contributed by atoms with van der Waals surface area (Å²) in [5.41, 5.74) is 1.11. The van der Waals surface area contributed by atoms with E-state index < -0.39 is 24.1 Å². The van der Waals surface area contributed by atoms with Gasteiger partial charge in [0.2, 0.25) is 5.91 Å². The van der Waals surface area contributed by atoms with E-state index in [0.29, 0.717) is 31.6 Å². The number of hydrogen-bond donors (Lipinski definition) is 1. The van der Waals surface area contributed by atoms with Crippen LogP contribution in [0.1, 0.15) is 24.0 Å². The lowest BCUT2D eigenvalue weighted by molar-refractivity contribution is -0.137. The van der Waals surface area contributed by atoms with Crippen molar-refractivity contribution in [2.24, 2.45) is 5.41 Å². The lowest BCUT2D eigenvalue weighted by atomic mass is 9.74. The Morgan fingerprint density at radius 1 is 0.967 bits per heavy atom. The molecular formula is C23H25F3N2O2. The van der Waals surface area contributed by atoms with Gasteiger partial charge in [-0.1, -0.05) is 42.5 Å². The number of nitrogens with zero attached hydrogens (tertiary/aromatic N) is 2. The van der Waals surface area contributed by atoms with Crippen molar-refractivity contribution in [3.05, 3.63) is 65.7 Å². The number of likely N-dealkylation sites (tertiary alicyclic amines) is 1. The SMILES string of the molecule is O=C1N(c2ccc(CC(F)(F)F)cc2)CC[C@]12CCN(Cc1ccccc1)C[C@H]2O. The molecule has 2 heterocycles. The van der Waals surface area contributed by atoms with Crippen molar-refractivity contribution in [2.75, 3.05) is 24.5 Å². The molecule has 2 atom stereocenters. The number of aliphatic hydroxyl groups excluding tert-OH is 1. The van der Waals surface area contributed by atoms with Crippen molar-refractivity contribution in [2.45, 2.75) is 38.1 Å². The maximum atomic E-state index is 13.2. The van der Waals surface area contributed by atoms with E-state index in [2.05, 4.69) is 4.90 Å². The Balaban J connectivity index is 1.42. The van der Waals surface area contributed by atoms with Crippen LogP contribution in [0.3, 0.4) is 0 Å². The van der Waals surface area contributed by atoms with Gasteiger partial charge >= 0.3 is 6.18 Å². The van der Waals surface area contributed by atoms with Gasteiger partial charge in [-0.25, -0.2) is 0 Å². The first-order valence-corrected chi connectivity index (χ1v) is 10.2. The number of halogens is 3. The normalized spacial score (nSPS) is 25.3. The van der Waals surface area contributed by atoms with Crippen molar-refractivity contribution >= 4 is 11.6 Å². The van der Waals surface area contributed by atoms with Crippen molar-refractivity contribution in [3.63, 3.8) is 0 Å². The highest BCUT2D eigenvalue weighted by Gasteiger charge is 2.53. The summed E-state index contributed by atoms with van der Waals surface area (Å²) in [4.78, 5) is 17.0. The average molecular weight is 418 g/mol. The van der Waals surface area contributed by atoms with Crippen molar-refractivity contribution < 1.29 is 23.1 Å². The van der Waals surface area contributed by atoms with E-state index in [1.807, 2.05) is 30.3 Å². The van der Waals surface area contributed by atoms with Crippen LogP contribution in [0, 0.1) is 5.41 Å². The fourth-order valence-electron chi connectivity index (χ4n) is 4.62. The standard InChI is InChI=1S/C23H25F3N2O2/c24-23(25,26)14-17-6-8-19(9-7-17)28-13-11-22(21(28)30)10-12-27(16-20(22)29)15-18-4-2-1-3-5-18/h1-9,20,29H,10-16H2/t20-,22+/m1/s1. The largest absolute Gasteiger partial charge is 0.393 e. The molecule has 30 heavy (non-hydrogen) atoms. The van der Waals surface area contributed by atoms with E-state index in [1.165, 1.54) is 17.7 Å². The summed E-state index contributed by atoms with van der Waals surface area (Å²) in [6.45, 7) is 2.34. The van der Waals surface area contributed by atoms with Crippen molar-refractivity contribution in [1.82, 2.24) is 4.90 Å². The topological polar surface area (TPSA) is 43.8 Å². The molecule has 1 amide bonds. The first-order valence-electron chi connectivity index (χ1n) is 10.2. The van der Waals surface area contributed by atoms with Gasteiger partial charge in [0.05, 0.1) is 17.9 Å². The summed E-state index contributed by atoms with van der Waals surface area (Å²) in [5, 5.41) is 10.9. The number of carbonyl (C=O) groups is 1. The van der Waals surface area contributed by atoms with Gasteiger partial charge < -0.3 is 10.0 Å². The molecule has 2 saturated heterocycles. The summed E-state index contributed by atoms with van der Waals surface area (Å²) in [6.07, 6.45) is -4.88. The third-order valence-corrected chi connectivity index (χ3v) is 6.30. The summed E-state index contributed by atoms with van der Waals surface area (Å²) in [5.74, 6) is -0.127. The number of β-amino-alcohol motifs (C(OH)–C–C–N with tert-alkyl or cyclic N) is 1. The predicted octanol–water partition coefficient (Wildman–Crippen LogP) is 3.78. The molecule has 2 aliphatic rings. The number of anilines is 1. The summed E-state index contributed by atoms with van der Waals surface area (Å²) in [6, 6.07) is 16.0. The van der Waals surface area contributed by atoms with Gasteiger partial charge in [-0.15, -0.1) is 0 Å². The van der Waals surface area contributed by atoms with E-state index in [1.54, 1.807) is 17.0 Å². The second-order valence-corrected chi connectivity index (χ2v) is 8.31. The molecule has 0 unspecified atom stereocenters. The Labute approximate surface area is 173 Å². The second kappa shape index (κ2) is 8.04. The molecule has 7 heteroatoms. The molecule has 2 aliphatic heterocycles.